The highest BCUT2D eigenvalue weighted by atomic mass is 28.4. The van der Waals surface area contributed by atoms with Crippen molar-refractivity contribution in [3.63, 3.8) is 0 Å². The standard InChI is InChI=1S/C29H37N5O5Si/c1-29(2,3)40(20-11-7-5-8-12-20,21-13-9-6-10-14-21)38-17-22-24(35)25(37-16-15-36-4)28(39-22)34-19-33-23-26(30)31-18-32-27(23)34/h5-14,18-19,22,24-25,28,35H,15-17H2,1-4H3,(H2,30,31,32)/t22-,24-,25-,28-/m1/s1. The van der Waals surface area contributed by atoms with Crippen LogP contribution in [-0.4, -0.2) is 78.2 Å². The zero-order valence-corrected chi connectivity index (χ0v) is 24.3. The van der Waals surface area contributed by atoms with E-state index in [1.165, 1.54) is 6.33 Å². The van der Waals surface area contributed by atoms with Gasteiger partial charge in [0.2, 0.25) is 0 Å². The van der Waals surface area contributed by atoms with Crippen LogP contribution in [0.2, 0.25) is 5.04 Å². The van der Waals surface area contributed by atoms with Gasteiger partial charge in [-0.05, 0) is 15.4 Å². The predicted molar refractivity (Wildman–Crippen MR) is 155 cm³/mol. The van der Waals surface area contributed by atoms with Crippen molar-refractivity contribution in [3.05, 3.63) is 73.3 Å². The third-order valence-corrected chi connectivity index (χ3v) is 12.5. The van der Waals surface area contributed by atoms with E-state index in [1.54, 1.807) is 18.0 Å². The van der Waals surface area contributed by atoms with Gasteiger partial charge in [-0.1, -0.05) is 81.4 Å². The molecule has 3 N–H and O–H groups in total. The second-order valence-electron chi connectivity index (χ2n) is 10.9. The van der Waals surface area contributed by atoms with Gasteiger partial charge in [0, 0.05) is 7.11 Å². The molecule has 5 rings (SSSR count). The molecule has 0 saturated carbocycles. The topological polar surface area (TPSA) is 127 Å². The molecule has 1 fully saturated rings. The van der Waals surface area contributed by atoms with Crippen LogP contribution in [0.25, 0.3) is 11.2 Å². The molecule has 3 heterocycles. The molecule has 40 heavy (non-hydrogen) atoms. The highest BCUT2D eigenvalue weighted by Gasteiger charge is 2.52. The number of aliphatic hydroxyl groups is 1. The van der Waals surface area contributed by atoms with Crippen LogP contribution < -0.4 is 16.1 Å². The number of imidazole rings is 1. The number of hydrogen-bond donors (Lipinski definition) is 2. The Morgan fingerprint density at radius 2 is 1.62 bits per heavy atom. The molecule has 2 aromatic heterocycles. The number of benzene rings is 2. The van der Waals surface area contributed by atoms with E-state index in [0.29, 0.717) is 17.8 Å². The summed E-state index contributed by atoms with van der Waals surface area (Å²) < 4.78 is 26.6. The number of aliphatic hydroxyl groups excluding tert-OH is 1. The van der Waals surface area contributed by atoms with Crippen molar-refractivity contribution in [2.45, 2.75) is 50.3 Å². The summed E-state index contributed by atoms with van der Waals surface area (Å²) in [6.07, 6.45) is -0.0977. The van der Waals surface area contributed by atoms with Gasteiger partial charge >= 0.3 is 0 Å². The highest BCUT2D eigenvalue weighted by molar-refractivity contribution is 6.99. The minimum atomic E-state index is -2.85. The number of nitrogen functional groups attached to an aromatic ring is 1. The minimum absolute atomic E-state index is 0.166. The van der Waals surface area contributed by atoms with Crippen LogP contribution in [0.15, 0.2) is 73.3 Å². The summed E-state index contributed by atoms with van der Waals surface area (Å²) >= 11 is 0. The van der Waals surface area contributed by atoms with Crippen LogP contribution >= 0.6 is 0 Å². The third kappa shape index (κ3) is 5.16. The van der Waals surface area contributed by atoms with Gasteiger partial charge in [0.1, 0.15) is 30.2 Å². The lowest BCUT2D eigenvalue weighted by molar-refractivity contribution is -0.0781. The average Bonchev–Trinajstić information content (AvgIpc) is 3.51. The van der Waals surface area contributed by atoms with Crippen molar-refractivity contribution >= 4 is 35.7 Å². The first kappa shape index (κ1) is 28.3. The summed E-state index contributed by atoms with van der Waals surface area (Å²) in [7, 11) is -1.24. The maximum Gasteiger partial charge on any atom is 0.261 e. The normalized spacial score (nSPS) is 21.7. The highest BCUT2D eigenvalue weighted by Crippen LogP contribution is 2.39. The molecule has 0 bridgehead atoms. The van der Waals surface area contributed by atoms with Crippen LogP contribution in [0.1, 0.15) is 27.0 Å². The first-order valence-corrected chi connectivity index (χ1v) is 15.3. The van der Waals surface area contributed by atoms with Crippen LogP contribution in [0.4, 0.5) is 5.82 Å². The quantitative estimate of drug-likeness (QED) is 0.221. The fraction of sp³-hybridized carbons (Fsp3) is 0.414. The molecule has 0 unspecified atom stereocenters. The van der Waals surface area contributed by atoms with E-state index in [2.05, 4.69) is 60.0 Å². The van der Waals surface area contributed by atoms with Crippen molar-refractivity contribution in [3.8, 4) is 0 Å². The molecule has 212 valence electrons. The molecular weight excluding hydrogens is 526 g/mol. The Morgan fingerprint density at radius 1 is 0.975 bits per heavy atom. The van der Waals surface area contributed by atoms with E-state index in [-0.39, 0.29) is 24.1 Å². The fourth-order valence-corrected chi connectivity index (χ4v) is 10.1. The lowest BCUT2D eigenvalue weighted by atomic mass is 10.1. The molecule has 4 atom stereocenters. The third-order valence-electron chi connectivity index (χ3n) is 7.45. The van der Waals surface area contributed by atoms with Gasteiger partial charge in [0.25, 0.3) is 8.32 Å². The van der Waals surface area contributed by atoms with Gasteiger partial charge in [0.05, 0.1) is 26.1 Å². The van der Waals surface area contributed by atoms with E-state index in [9.17, 15) is 5.11 Å². The number of nitrogens with two attached hydrogens (primary N) is 1. The number of nitrogens with zero attached hydrogens (tertiary/aromatic N) is 4. The second-order valence-corrected chi connectivity index (χ2v) is 15.2. The molecule has 2 aromatic carbocycles. The Labute approximate surface area is 235 Å². The first-order chi connectivity index (χ1) is 19.3. The van der Waals surface area contributed by atoms with Gasteiger partial charge in [-0.3, -0.25) is 4.57 Å². The van der Waals surface area contributed by atoms with E-state index in [0.717, 1.165) is 10.4 Å². The summed E-state index contributed by atoms with van der Waals surface area (Å²) in [5.74, 6) is 0.269. The molecule has 1 saturated heterocycles. The number of methoxy groups -OCH3 is 1. The first-order valence-electron chi connectivity index (χ1n) is 13.4. The Hall–Kier alpha value is -3.19. The molecule has 1 aliphatic heterocycles. The zero-order chi connectivity index (χ0) is 28.3. The van der Waals surface area contributed by atoms with E-state index in [4.69, 9.17) is 24.4 Å². The van der Waals surface area contributed by atoms with E-state index >= 15 is 0 Å². The number of rotatable bonds is 10. The molecular formula is C29H37N5O5Si. The molecule has 1 aliphatic rings. The molecule has 10 nitrogen and oxygen atoms in total. The van der Waals surface area contributed by atoms with Crippen molar-refractivity contribution < 1.29 is 23.7 Å². The summed E-state index contributed by atoms with van der Waals surface area (Å²) in [6, 6.07) is 20.8. The maximum atomic E-state index is 11.5. The summed E-state index contributed by atoms with van der Waals surface area (Å²) in [5.41, 5.74) is 6.98. The van der Waals surface area contributed by atoms with Crippen molar-refractivity contribution in [1.29, 1.82) is 0 Å². The molecule has 4 aromatic rings. The van der Waals surface area contributed by atoms with E-state index in [1.807, 2.05) is 36.4 Å². The predicted octanol–water partition coefficient (Wildman–Crippen LogP) is 2.28. The van der Waals surface area contributed by atoms with Crippen LogP contribution in [0.3, 0.4) is 0 Å². The Bertz CT molecular complexity index is 1360. The molecule has 11 heteroatoms. The largest absolute Gasteiger partial charge is 0.405 e. The van der Waals surface area contributed by atoms with E-state index < -0.39 is 32.9 Å². The fourth-order valence-electron chi connectivity index (χ4n) is 5.55. The molecule has 0 spiro atoms. The summed E-state index contributed by atoms with van der Waals surface area (Å²) in [6.45, 7) is 7.47. The van der Waals surface area contributed by atoms with Crippen molar-refractivity contribution in [2.75, 3.05) is 32.7 Å². The monoisotopic (exact) mass is 563 g/mol. The molecule has 0 amide bonds. The number of anilines is 1. The summed E-state index contributed by atoms with van der Waals surface area (Å²) in [4.78, 5) is 12.8. The van der Waals surface area contributed by atoms with Crippen LogP contribution in [0, 0.1) is 0 Å². The van der Waals surface area contributed by atoms with Gasteiger partial charge in [-0.15, -0.1) is 0 Å². The Balaban J connectivity index is 1.49. The van der Waals surface area contributed by atoms with Gasteiger partial charge < -0.3 is 29.5 Å². The average molecular weight is 564 g/mol. The Kier molecular flexibility index (Phi) is 8.31. The molecule has 0 radical (unpaired) electrons. The molecule has 0 aliphatic carbocycles. The zero-order valence-electron chi connectivity index (χ0n) is 23.3. The van der Waals surface area contributed by atoms with Crippen LogP contribution in [0.5, 0.6) is 0 Å². The van der Waals surface area contributed by atoms with Crippen molar-refractivity contribution in [1.82, 2.24) is 19.5 Å². The second kappa shape index (κ2) is 11.7. The number of fused-ring (bicyclic) bond motifs is 1. The number of hydrogen-bond acceptors (Lipinski definition) is 9. The SMILES string of the molecule is COCCO[C@@H]1[C@H](O)[C@@H](CO[Si](c2ccccc2)(c2ccccc2)C(C)(C)C)O[C@H]1n1cnc2c(N)ncnc21. The van der Waals surface area contributed by atoms with Crippen molar-refractivity contribution in [2.24, 2.45) is 0 Å². The van der Waals surface area contributed by atoms with Crippen LogP contribution in [-0.2, 0) is 18.6 Å². The summed E-state index contributed by atoms with van der Waals surface area (Å²) in [5, 5.41) is 13.6. The Morgan fingerprint density at radius 3 is 2.23 bits per heavy atom. The minimum Gasteiger partial charge on any atom is -0.405 e. The lowest BCUT2D eigenvalue weighted by Crippen LogP contribution is -2.67. The lowest BCUT2D eigenvalue weighted by Gasteiger charge is -2.43. The number of ether oxygens (including phenoxy) is 3. The smallest absolute Gasteiger partial charge is 0.261 e. The number of aromatic nitrogens is 4. The van der Waals surface area contributed by atoms with Gasteiger partial charge in [0.15, 0.2) is 17.7 Å². The maximum absolute atomic E-state index is 11.5. The van der Waals surface area contributed by atoms with Gasteiger partial charge in [-0.2, -0.15) is 0 Å². The van der Waals surface area contributed by atoms with Gasteiger partial charge in [-0.25, -0.2) is 15.0 Å².